The van der Waals surface area contributed by atoms with Crippen molar-refractivity contribution in [1.29, 1.82) is 0 Å². The van der Waals surface area contributed by atoms with Crippen LogP contribution in [0.1, 0.15) is 49.3 Å². The van der Waals surface area contributed by atoms with E-state index in [1.165, 1.54) is 12.3 Å². The van der Waals surface area contributed by atoms with E-state index < -0.39 is 9.84 Å². The topological polar surface area (TPSA) is 89.0 Å². The molecule has 1 atom stereocenters. The van der Waals surface area contributed by atoms with Gasteiger partial charge in [0.25, 0.3) is 0 Å². The quantitative estimate of drug-likeness (QED) is 0.695. The van der Waals surface area contributed by atoms with Gasteiger partial charge < -0.3 is 5.32 Å². The zero-order valence-electron chi connectivity index (χ0n) is 16.3. The van der Waals surface area contributed by atoms with E-state index in [0.717, 1.165) is 37.5 Å². The maximum Gasteiger partial charge on any atom is 0.226 e. The highest BCUT2D eigenvalue weighted by atomic mass is 35.5. The summed E-state index contributed by atoms with van der Waals surface area (Å²) in [6.07, 6.45) is 10.4. The number of carbonyl (C=O) groups is 1. The van der Waals surface area contributed by atoms with Crippen LogP contribution in [0.5, 0.6) is 0 Å². The molecule has 3 rings (SSSR count). The number of nitrogens with one attached hydrogen (secondary N) is 1. The van der Waals surface area contributed by atoms with E-state index in [9.17, 15) is 13.2 Å². The molecule has 2 aromatic rings. The molecule has 1 fully saturated rings. The molecule has 1 aromatic heterocycles. The molecule has 0 spiro atoms. The summed E-state index contributed by atoms with van der Waals surface area (Å²) in [7, 11) is -3.40. The van der Waals surface area contributed by atoms with Crippen LogP contribution in [0, 0.1) is 5.92 Å². The van der Waals surface area contributed by atoms with Crippen molar-refractivity contribution in [2.24, 2.45) is 5.92 Å². The minimum absolute atomic E-state index is 0.0379. The fourth-order valence-electron chi connectivity index (χ4n) is 3.87. The van der Waals surface area contributed by atoms with Gasteiger partial charge in [0, 0.05) is 12.7 Å². The van der Waals surface area contributed by atoms with Crippen molar-refractivity contribution in [1.82, 2.24) is 9.97 Å². The molecular formula is C21H24ClN3O3S. The van der Waals surface area contributed by atoms with E-state index in [4.69, 9.17) is 11.6 Å². The zero-order chi connectivity index (χ0) is 21.0. The Labute approximate surface area is 176 Å². The number of anilines is 1. The first kappa shape index (κ1) is 21.5. The van der Waals surface area contributed by atoms with Crippen LogP contribution in [0.3, 0.4) is 0 Å². The summed E-state index contributed by atoms with van der Waals surface area (Å²) < 4.78 is 23.7. The van der Waals surface area contributed by atoms with Gasteiger partial charge in [0.2, 0.25) is 5.91 Å². The molecule has 154 valence electrons. The van der Waals surface area contributed by atoms with Crippen LogP contribution >= 0.6 is 11.6 Å². The predicted octanol–water partition coefficient (Wildman–Crippen LogP) is 4.48. The fraction of sp³-hybridized carbons (Fsp3) is 0.381. The Morgan fingerprint density at radius 2 is 2.03 bits per heavy atom. The van der Waals surface area contributed by atoms with Crippen LogP contribution in [-0.4, -0.2) is 30.5 Å². The summed E-state index contributed by atoms with van der Waals surface area (Å²) in [6, 6.07) is 5.00. The first-order valence-electron chi connectivity index (χ1n) is 9.52. The molecule has 1 amide bonds. The second kappa shape index (κ2) is 9.05. The van der Waals surface area contributed by atoms with Crippen LogP contribution in [0.2, 0.25) is 5.02 Å². The van der Waals surface area contributed by atoms with E-state index >= 15 is 0 Å². The predicted molar refractivity (Wildman–Crippen MR) is 115 cm³/mol. The highest BCUT2D eigenvalue weighted by molar-refractivity contribution is 7.90. The van der Waals surface area contributed by atoms with Crippen molar-refractivity contribution < 1.29 is 13.2 Å². The molecule has 1 heterocycles. The SMILES string of the molecule is C=Cc1cnc(NC(=O)C[C@@H](c2ccc(S(C)(=O)=O)c(Cl)c2)C2CCCC2)cn1. The molecule has 0 bridgehead atoms. The van der Waals surface area contributed by atoms with Gasteiger partial charge in [-0.3, -0.25) is 9.78 Å². The minimum Gasteiger partial charge on any atom is -0.309 e. The molecular weight excluding hydrogens is 410 g/mol. The van der Waals surface area contributed by atoms with Crippen molar-refractivity contribution in [3.63, 3.8) is 0 Å². The maximum atomic E-state index is 12.7. The molecule has 0 radical (unpaired) electrons. The van der Waals surface area contributed by atoms with Gasteiger partial charge in [-0.05, 0) is 48.4 Å². The van der Waals surface area contributed by atoms with Gasteiger partial charge in [0.05, 0.1) is 28.0 Å². The molecule has 1 aliphatic carbocycles. The highest BCUT2D eigenvalue weighted by Crippen LogP contribution is 2.40. The third-order valence-electron chi connectivity index (χ3n) is 5.31. The first-order valence-corrected chi connectivity index (χ1v) is 11.8. The molecule has 29 heavy (non-hydrogen) atoms. The van der Waals surface area contributed by atoms with Gasteiger partial charge in [-0.15, -0.1) is 0 Å². The van der Waals surface area contributed by atoms with Gasteiger partial charge in [-0.25, -0.2) is 13.4 Å². The summed E-state index contributed by atoms with van der Waals surface area (Å²) >= 11 is 6.25. The molecule has 1 N–H and O–H groups in total. The standard InChI is InChI=1S/C21H24ClN3O3S/c1-3-16-12-24-20(13-23-16)25-21(26)11-17(14-6-4-5-7-14)15-8-9-19(18(22)10-15)29(2,27)28/h3,8-10,12-14,17H,1,4-7,11H2,2H3,(H,24,25,26)/t17-/m1/s1. The number of sulfone groups is 1. The number of halogens is 1. The average molecular weight is 434 g/mol. The van der Waals surface area contributed by atoms with E-state index in [1.807, 2.05) is 0 Å². The summed E-state index contributed by atoms with van der Waals surface area (Å²) in [5, 5.41) is 2.99. The summed E-state index contributed by atoms with van der Waals surface area (Å²) in [5.41, 5.74) is 1.52. The van der Waals surface area contributed by atoms with Crippen LogP contribution in [0.25, 0.3) is 6.08 Å². The Morgan fingerprint density at radius 3 is 2.59 bits per heavy atom. The molecule has 0 unspecified atom stereocenters. The highest BCUT2D eigenvalue weighted by Gasteiger charge is 2.29. The lowest BCUT2D eigenvalue weighted by Gasteiger charge is -2.24. The van der Waals surface area contributed by atoms with Crippen molar-refractivity contribution in [3.8, 4) is 0 Å². The summed E-state index contributed by atoms with van der Waals surface area (Å²) in [5.74, 6) is 0.543. The second-order valence-corrected chi connectivity index (χ2v) is 9.79. The molecule has 1 saturated carbocycles. The lowest BCUT2D eigenvalue weighted by molar-refractivity contribution is -0.116. The number of hydrogen-bond acceptors (Lipinski definition) is 5. The van der Waals surface area contributed by atoms with Crippen molar-refractivity contribution in [3.05, 3.63) is 53.5 Å². The molecule has 1 aliphatic rings. The normalized spacial score (nSPS) is 15.8. The van der Waals surface area contributed by atoms with Gasteiger partial charge in [-0.1, -0.05) is 37.1 Å². The number of nitrogens with zero attached hydrogens (tertiary/aromatic N) is 2. The molecule has 6 nitrogen and oxygen atoms in total. The zero-order valence-corrected chi connectivity index (χ0v) is 17.8. The Hall–Kier alpha value is -2.25. The number of carbonyl (C=O) groups excluding carboxylic acids is 1. The Kier molecular flexibility index (Phi) is 6.70. The van der Waals surface area contributed by atoms with Crippen LogP contribution < -0.4 is 5.32 Å². The Bertz CT molecular complexity index is 1000. The molecule has 0 saturated heterocycles. The third-order valence-corrected chi connectivity index (χ3v) is 6.89. The largest absolute Gasteiger partial charge is 0.309 e. The lowest BCUT2D eigenvalue weighted by atomic mass is 9.82. The number of aromatic nitrogens is 2. The van der Waals surface area contributed by atoms with E-state index in [-0.39, 0.29) is 28.2 Å². The Morgan fingerprint density at radius 1 is 1.31 bits per heavy atom. The number of rotatable bonds is 7. The maximum absolute atomic E-state index is 12.7. The summed E-state index contributed by atoms with van der Waals surface area (Å²) in [4.78, 5) is 21.1. The smallest absolute Gasteiger partial charge is 0.226 e. The van der Waals surface area contributed by atoms with E-state index in [2.05, 4.69) is 21.9 Å². The minimum atomic E-state index is -3.40. The number of amides is 1. The monoisotopic (exact) mass is 433 g/mol. The third kappa shape index (κ3) is 5.42. The van der Waals surface area contributed by atoms with Crippen molar-refractivity contribution in [2.75, 3.05) is 11.6 Å². The number of hydrogen-bond donors (Lipinski definition) is 1. The molecule has 0 aliphatic heterocycles. The van der Waals surface area contributed by atoms with Gasteiger partial charge in [0.1, 0.15) is 0 Å². The van der Waals surface area contributed by atoms with Gasteiger partial charge in [-0.2, -0.15) is 0 Å². The van der Waals surface area contributed by atoms with Crippen LogP contribution in [-0.2, 0) is 14.6 Å². The number of benzene rings is 1. The molecule has 8 heteroatoms. The van der Waals surface area contributed by atoms with Crippen LogP contribution in [0.15, 0.2) is 42.1 Å². The average Bonchev–Trinajstić information content (AvgIpc) is 3.20. The van der Waals surface area contributed by atoms with E-state index in [0.29, 0.717) is 17.4 Å². The van der Waals surface area contributed by atoms with E-state index in [1.54, 1.807) is 24.4 Å². The Balaban J connectivity index is 1.81. The lowest BCUT2D eigenvalue weighted by Crippen LogP contribution is -2.20. The first-order chi connectivity index (χ1) is 13.8. The fourth-order valence-corrected chi connectivity index (χ4v) is 5.20. The van der Waals surface area contributed by atoms with Gasteiger partial charge >= 0.3 is 0 Å². The second-order valence-electron chi connectivity index (χ2n) is 7.40. The van der Waals surface area contributed by atoms with Crippen molar-refractivity contribution >= 4 is 39.2 Å². The summed E-state index contributed by atoms with van der Waals surface area (Å²) in [6.45, 7) is 3.63. The molecule has 1 aromatic carbocycles. The van der Waals surface area contributed by atoms with Crippen LogP contribution in [0.4, 0.5) is 5.82 Å². The van der Waals surface area contributed by atoms with Gasteiger partial charge in [0.15, 0.2) is 15.7 Å². The van der Waals surface area contributed by atoms with Crippen molar-refractivity contribution in [2.45, 2.75) is 42.9 Å².